The first kappa shape index (κ1) is 34.9. The van der Waals surface area contributed by atoms with Crippen molar-refractivity contribution < 1.29 is 28.5 Å². The molecule has 0 N–H and O–H groups in total. The van der Waals surface area contributed by atoms with Crippen LogP contribution in [0.2, 0.25) is 0 Å². The highest BCUT2D eigenvalue weighted by Gasteiger charge is 2.45. The molecular formula is C40H48O6. The monoisotopic (exact) mass is 624 g/mol. The van der Waals surface area contributed by atoms with Gasteiger partial charge in [-0.05, 0) is 74.3 Å². The Morgan fingerprint density at radius 2 is 1.54 bits per heavy atom. The summed E-state index contributed by atoms with van der Waals surface area (Å²) in [5.41, 5.74) is 4.71. The van der Waals surface area contributed by atoms with Crippen molar-refractivity contribution in [1.82, 2.24) is 0 Å². The van der Waals surface area contributed by atoms with Gasteiger partial charge in [-0.1, -0.05) is 91.0 Å². The lowest BCUT2D eigenvalue weighted by molar-refractivity contribution is -0.147. The van der Waals surface area contributed by atoms with Crippen LogP contribution in [0.1, 0.15) is 68.3 Å². The van der Waals surface area contributed by atoms with E-state index in [2.05, 4.69) is 13.2 Å². The molecule has 0 heterocycles. The zero-order valence-electron chi connectivity index (χ0n) is 27.3. The van der Waals surface area contributed by atoms with Crippen LogP contribution in [0.15, 0.2) is 110 Å². The number of allylic oxidation sites excluding steroid dienone is 1. The second-order valence-corrected chi connectivity index (χ2v) is 12.3. The van der Waals surface area contributed by atoms with E-state index in [1.54, 1.807) is 0 Å². The van der Waals surface area contributed by atoms with Gasteiger partial charge in [0, 0.05) is 25.4 Å². The quantitative estimate of drug-likeness (QED) is 0.0801. The first-order chi connectivity index (χ1) is 22.3. The van der Waals surface area contributed by atoms with Crippen molar-refractivity contribution in [3.8, 4) is 11.1 Å². The lowest BCUT2D eigenvalue weighted by atomic mass is 9.88. The average Bonchev–Trinajstić information content (AvgIpc) is 3.38. The lowest BCUT2D eigenvalue weighted by Crippen LogP contribution is -2.27. The highest BCUT2D eigenvalue weighted by atomic mass is 16.6. The fraction of sp³-hybridized carbons (Fsp3) is 0.400. The Labute approximate surface area is 274 Å². The van der Waals surface area contributed by atoms with Crippen molar-refractivity contribution in [2.75, 3.05) is 13.2 Å². The Morgan fingerprint density at radius 1 is 0.870 bits per heavy atom. The molecule has 3 aromatic carbocycles. The number of hydrogen-bond donors (Lipinski definition) is 0. The van der Waals surface area contributed by atoms with E-state index in [9.17, 15) is 9.59 Å². The number of carbonyl (C=O) groups excluding carboxylic acids is 2. The predicted octanol–water partition coefficient (Wildman–Crippen LogP) is 8.76. The molecule has 6 heteroatoms. The van der Waals surface area contributed by atoms with Gasteiger partial charge in [-0.2, -0.15) is 0 Å². The van der Waals surface area contributed by atoms with Crippen molar-refractivity contribution in [2.45, 2.75) is 77.3 Å². The summed E-state index contributed by atoms with van der Waals surface area (Å²) in [5.74, 6) is -0.368. The van der Waals surface area contributed by atoms with Crippen molar-refractivity contribution in [3.63, 3.8) is 0 Å². The van der Waals surface area contributed by atoms with Crippen LogP contribution in [0.25, 0.3) is 11.1 Å². The molecule has 0 bridgehead atoms. The van der Waals surface area contributed by atoms with Crippen LogP contribution < -0.4 is 0 Å². The van der Waals surface area contributed by atoms with Crippen LogP contribution in [-0.4, -0.2) is 43.5 Å². The van der Waals surface area contributed by atoms with Gasteiger partial charge in [0.25, 0.3) is 0 Å². The molecule has 0 spiro atoms. The minimum Gasteiger partial charge on any atom is -0.463 e. The van der Waals surface area contributed by atoms with Crippen molar-refractivity contribution in [3.05, 3.63) is 121 Å². The molecule has 0 saturated heterocycles. The third-order valence-electron chi connectivity index (χ3n) is 8.38. The largest absolute Gasteiger partial charge is 0.463 e. The summed E-state index contributed by atoms with van der Waals surface area (Å²) in [6.45, 7) is 13.4. The summed E-state index contributed by atoms with van der Waals surface area (Å²) >= 11 is 0. The molecular weight excluding hydrogens is 576 g/mol. The number of benzene rings is 3. The Hall–Kier alpha value is -4.00. The molecule has 1 aliphatic carbocycles. The maximum Gasteiger partial charge on any atom is 0.338 e. The number of rotatable bonds is 18. The molecule has 1 fully saturated rings. The number of hydrogen-bond acceptors (Lipinski definition) is 6. The van der Waals surface area contributed by atoms with E-state index in [4.69, 9.17) is 18.9 Å². The molecule has 1 aliphatic rings. The Balaban J connectivity index is 1.39. The van der Waals surface area contributed by atoms with E-state index in [-0.39, 0.29) is 42.1 Å². The number of esters is 2. The van der Waals surface area contributed by atoms with Gasteiger partial charge in [0.15, 0.2) is 0 Å². The van der Waals surface area contributed by atoms with Gasteiger partial charge in [-0.25, -0.2) is 4.79 Å². The van der Waals surface area contributed by atoms with Crippen LogP contribution in [0.3, 0.4) is 0 Å². The maximum absolute atomic E-state index is 13.4. The average molecular weight is 625 g/mol. The summed E-state index contributed by atoms with van der Waals surface area (Å²) in [6.07, 6.45) is 5.11. The van der Waals surface area contributed by atoms with Gasteiger partial charge in [-0.15, -0.1) is 6.58 Å². The minimum atomic E-state index is -0.337. The molecule has 0 radical (unpaired) electrons. The summed E-state index contributed by atoms with van der Waals surface area (Å²) < 4.78 is 24.0. The molecule has 0 aromatic heterocycles. The molecule has 0 unspecified atom stereocenters. The zero-order valence-corrected chi connectivity index (χ0v) is 27.3. The second-order valence-electron chi connectivity index (χ2n) is 12.3. The van der Waals surface area contributed by atoms with Gasteiger partial charge >= 0.3 is 11.9 Å². The summed E-state index contributed by atoms with van der Waals surface area (Å²) in [5, 5.41) is 0. The smallest absolute Gasteiger partial charge is 0.338 e. The summed E-state index contributed by atoms with van der Waals surface area (Å²) in [6, 6.07) is 27.7. The van der Waals surface area contributed by atoms with Crippen LogP contribution >= 0.6 is 0 Å². The number of carbonyl (C=O) groups is 2. The third-order valence-corrected chi connectivity index (χ3v) is 8.38. The van der Waals surface area contributed by atoms with Crippen LogP contribution in [0.5, 0.6) is 0 Å². The topological polar surface area (TPSA) is 71.1 Å². The zero-order chi connectivity index (χ0) is 32.7. The normalized spacial score (nSPS) is 19.1. The Morgan fingerprint density at radius 3 is 2.22 bits per heavy atom. The van der Waals surface area contributed by atoms with Gasteiger partial charge in [0.2, 0.25) is 0 Å². The maximum atomic E-state index is 13.4. The molecule has 3 aromatic rings. The van der Waals surface area contributed by atoms with E-state index in [0.717, 1.165) is 35.1 Å². The van der Waals surface area contributed by atoms with Crippen LogP contribution in [0.4, 0.5) is 0 Å². The fourth-order valence-corrected chi connectivity index (χ4v) is 6.10. The van der Waals surface area contributed by atoms with E-state index in [1.165, 1.54) is 0 Å². The summed E-state index contributed by atoms with van der Waals surface area (Å²) in [4.78, 5) is 25.3. The molecule has 0 aliphatic heterocycles. The molecule has 46 heavy (non-hydrogen) atoms. The highest BCUT2D eigenvalue weighted by Crippen LogP contribution is 2.41. The predicted molar refractivity (Wildman–Crippen MR) is 182 cm³/mol. The van der Waals surface area contributed by atoms with E-state index < -0.39 is 0 Å². The van der Waals surface area contributed by atoms with Gasteiger partial charge in [0.1, 0.15) is 6.10 Å². The highest BCUT2D eigenvalue weighted by molar-refractivity contribution is 5.90. The Kier molecular flexibility index (Phi) is 13.8. The summed E-state index contributed by atoms with van der Waals surface area (Å²) in [7, 11) is 0. The fourth-order valence-electron chi connectivity index (χ4n) is 6.10. The minimum absolute atomic E-state index is 0.0467. The Bertz CT molecular complexity index is 1380. The van der Waals surface area contributed by atoms with Gasteiger partial charge in [0.05, 0.1) is 31.0 Å². The standard InChI is InChI=1S/C40H48O6/c1-5-13-35-36(24-25-43-28-31-15-8-6-9-16-31)38(26-37(35)44-27-30(4)14-12-19-39(41)45-29(2)3)46-40(42)34-22-20-33(21-23-34)32-17-10-7-11-18-32/h5-11,15-18,20-23,29,35-38H,1,4,12-14,19,24-28H2,2-3H3/t35-,36-,37+,38-/m1/s1. The van der Waals surface area contributed by atoms with Crippen molar-refractivity contribution in [1.29, 1.82) is 0 Å². The molecule has 0 amide bonds. The van der Waals surface area contributed by atoms with Crippen molar-refractivity contribution in [2.24, 2.45) is 11.8 Å². The molecule has 6 nitrogen and oxygen atoms in total. The second kappa shape index (κ2) is 18.2. The molecule has 244 valence electrons. The molecule has 4 rings (SSSR count). The third kappa shape index (κ3) is 10.8. The van der Waals surface area contributed by atoms with Crippen molar-refractivity contribution >= 4 is 11.9 Å². The SMILES string of the molecule is C=CC[C@@H]1[C@@H](CCOCc2ccccc2)[C@H](OC(=O)c2ccc(-c3ccccc3)cc2)C[C@@H]1OCC(=C)CCCC(=O)OC(C)C. The first-order valence-electron chi connectivity index (χ1n) is 16.4. The van der Waals surface area contributed by atoms with E-state index >= 15 is 0 Å². The lowest BCUT2D eigenvalue weighted by Gasteiger charge is -2.26. The van der Waals surface area contributed by atoms with Gasteiger partial charge < -0.3 is 18.9 Å². The molecule has 4 atom stereocenters. The molecule has 1 saturated carbocycles. The van der Waals surface area contributed by atoms with E-state index in [0.29, 0.717) is 51.1 Å². The van der Waals surface area contributed by atoms with E-state index in [1.807, 2.05) is 105 Å². The van der Waals surface area contributed by atoms with Gasteiger partial charge in [-0.3, -0.25) is 4.79 Å². The first-order valence-corrected chi connectivity index (χ1v) is 16.4. The number of ether oxygens (including phenoxy) is 4. The van der Waals surface area contributed by atoms with Crippen LogP contribution in [-0.2, 0) is 30.3 Å². The van der Waals surface area contributed by atoms with Crippen LogP contribution in [0, 0.1) is 11.8 Å².